The molecule has 21 heavy (non-hydrogen) atoms. The fourth-order valence-corrected chi connectivity index (χ4v) is 1.71. The average Bonchev–Trinajstić information content (AvgIpc) is 2.49. The number of hydrogen-bond donors (Lipinski definition) is 2. The first kappa shape index (κ1) is 14.5. The Morgan fingerprint density at radius 3 is 2.86 bits per heavy atom. The number of amides is 1. The summed E-state index contributed by atoms with van der Waals surface area (Å²) in [6.07, 6.45) is 1.38. The monoisotopic (exact) mass is 290 g/mol. The number of anilines is 1. The number of pyridine rings is 1. The van der Waals surface area contributed by atoms with Gasteiger partial charge in [0.05, 0.1) is 10.6 Å². The van der Waals surface area contributed by atoms with Crippen molar-refractivity contribution in [3.05, 3.63) is 63.7 Å². The summed E-state index contributed by atoms with van der Waals surface area (Å²) < 4.78 is 13.7. The van der Waals surface area contributed by atoms with Gasteiger partial charge in [0.15, 0.2) is 11.5 Å². The number of para-hydroxylation sites is 1. The highest BCUT2D eigenvalue weighted by molar-refractivity contribution is 6.05. The number of carbonyl (C=O) groups excluding carboxylic acids is 1. The number of halogens is 1. The van der Waals surface area contributed by atoms with Crippen LogP contribution in [0.15, 0.2) is 36.5 Å². The number of nitrogens with zero attached hydrogens (tertiary/aromatic N) is 2. The Bertz CT molecular complexity index is 706. The number of carbonyl (C=O) groups is 1. The first-order chi connectivity index (χ1) is 10.0. The number of rotatable bonds is 4. The van der Waals surface area contributed by atoms with Crippen molar-refractivity contribution in [2.24, 2.45) is 5.73 Å². The highest BCUT2D eigenvalue weighted by Gasteiger charge is 2.20. The summed E-state index contributed by atoms with van der Waals surface area (Å²) in [4.78, 5) is 26.0. The summed E-state index contributed by atoms with van der Waals surface area (Å²) in [7, 11) is 0. The Labute approximate surface area is 118 Å². The van der Waals surface area contributed by atoms with Crippen molar-refractivity contribution in [3.8, 4) is 0 Å². The van der Waals surface area contributed by atoms with Crippen LogP contribution >= 0.6 is 0 Å². The van der Waals surface area contributed by atoms with Crippen molar-refractivity contribution < 1.29 is 14.1 Å². The van der Waals surface area contributed by atoms with Crippen LogP contribution < -0.4 is 11.1 Å². The van der Waals surface area contributed by atoms with Crippen LogP contribution in [-0.4, -0.2) is 15.8 Å². The van der Waals surface area contributed by atoms with E-state index in [1.54, 1.807) is 0 Å². The predicted molar refractivity (Wildman–Crippen MR) is 73.1 cm³/mol. The lowest BCUT2D eigenvalue weighted by atomic mass is 10.2. The van der Waals surface area contributed by atoms with E-state index in [1.807, 2.05) is 0 Å². The molecule has 0 saturated carbocycles. The third-order valence-corrected chi connectivity index (χ3v) is 2.71. The third kappa shape index (κ3) is 3.18. The number of hydrogen-bond acceptors (Lipinski definition) is 5. The molecule has 0 fully saturated rings. The lowest BCUT2D eigenvalue weighted by molar-refractivity contribution is -0.384. The molecule has 0 aliphatic heterocycles. The second-order valence-corrected chi connectivity index (χ2v) is 4.09. The topological polar surface area (TPSA) is 111 Å². The number of aromatic nitrogens is 1. The van der Waals surface area contributed by atoms with Gasteiger partial charge in [-0.3, -0.25) is 19.9 Å². The molecule has 3 N–H and O–H groups in total. The van der Waals surface area contributed by atoms with Crippen LogP contribution in [-0.2, 0) is 6.54 Å². The summed E-state index contributed by atoms with van der Waals surface area (Å²) in [5.74, 6) is -1.56. The standard InChI is InChI=1S/C13H11FN4O3/c14-10-2-1-3-11(18(20)21)12(10)17-13(19)8-4-5-16-9(6-8)7-15/h1-6H,7,15H2,(H,17,19). The van der Waals surface area contributed by atoms with Gasteiger partial charge in [-0.2, -0.15) is 0 Å². The largest absolute Gasteiger partial charge is 0.325 e. The molecule has 0 aliphatic rings. The highest BCUT2D eigenvalue weighted by Crippen LogP contribution is 2.27. The molecule has 1 amide bonds. The second-order valence-electron chi connectivity index (χ2n) is 4.09. The molecular formula is C13H11FN4O3. The maximum atomic E-state index is 13.7. The third-order valence-electron chi connectivity index (χ3n) is 2.71. The van der Waals surface area contributed by atoms with Crippen molar-refractivity contribution in [2.75, 3.05) is 5.32 Å². The quantitative estimate of drug-likeness (QED) is 0.659. The number of benzene rings is 1. The minimum Gasteiger partial charge on any atom is -0.325 e. The van der Waals surface area contributed by atoms with Gasteiger partial charge in [0.2, 0.25) is 0 Å². The van der Waals surface area contributed by atoms with Crippen molar-refractivity contribution in [1.82, 2.24) is 4.98 Å². The second kappa shape index (κ2) is 6.06. The van der Waals surface area contributed by atoms with Gasteiger partial charge in [-0.1, -0.05) is 6.07 Å². The molecule has 7 nitrogen and oxygen atoms in total. The lowest BCUT2D eigenvalue weighted by Gasteiger charge is -2.07. The normalized spacial score (nSPS) is 10.2. The zero-order chi connectivity index (χ0) is 15.4. The first-order valence-electron chi connectivity index (χ1n) is 5.92. The minimum atomic E-state index is -0.884. The van der Waals surface area contributed by atoms with E-state index in [0.29, 0.717) is 5.69 Å². The van der Waals surface area contributed by atoms with Crippen LogP contribution in [0.2, 0.25) is 0 Å². The summed E-state index contributed by atoms with van der Waals surface area (Å²) >= 11 is 0. The number of nitrogens with two attached hydrogens (primary N) is 1. The van der Waals surface area contributed by atoms with Gasteiger partial charge in [-0.25, -0.2) is 4.39 Å². The van der Waals surface area contributed by atoms with Crippen molar-refractivity contribution in [1.29, 1.82) is 0 Å². The zero-order valence-corrected chi connectivity index (χ0v) is 10.7. The van der Waals surface area contributed by atoms with Gasteiger partial charge in [0.25, 0.3) is 11.6 Å². The zero-order valence-electron chi connectivity index (χ0n) is 10.7. The number of nitro benzene ring substituents is 1. The Balaban J connectivity index is 2.33. The van der Waals surface area contributed by atoms with E-state index in [9.17, 15) is 19.3 Å². The molecule has 2 aromatic rings. The van der Waals surface area contributed by atoms with Crippen LogP contribution in [0, 0.1) is 15.9 Å². The Morgan fingerprint density at radius 1 is 1.43 bits per heavy atom. The van der Waals surface area contributed by atoms with E-state index in [2.05, 4.69) is 10.3 Å². The summed E-state index contributed by atoms with van der Waals surface area (Å²) in [6, 6.07) is 6.17. The smallest absolute Gasteiger partial charge is 0.295 e. The van der Waals surface area contributed by atoms with E-state index in [1.165, 1.54) is 24.4 Å². The van der Waals surface area contributed by atoms with Crippen LogP contribution in [0.3, 0.4) is 0 Å². The molecule has 0 aliphatic carbocycles. The van der Waals surface area contributed by atoms with E-state index in [0.717, 1.165) is 12.1 Å². The molecule has 0 spiro atoms. The van der Waals surface area contributed by atoms with E-state index in [-0.39, 0.29) is 12.1 Å². The molecule has 1 aromatic carbocycles. The van der Waals surface area contributed by atoms with E-state index < -0.39 is 28.0 Å². The van der Waals surface area contributed by atoms with Gasteiger partial charge in [0.1, 0.15) is 0 Å². The van der Waals surface area contributed by atoms with Crippen LogP contribution in [0.5, 0.6) is 0 Å². The van der Waals surface area contributed by atoms with Gasteiger partial charge < -0.3 is 11.1 Å². The Hall–Kier alpha value is -2.87. The SMILES string of the molecule is NCc1cc(C(=O)Nc2c(F)cccc2[N+](=O)[O-])ccn1. The van der Waals surface area contributed by atoms with Crippen LogP contribution in [0.1, 0.15) is 16.1 Å². The summed E-state index contributed by atoms with van der Waals surface area (Å²) in [6.45, 7) is 0.140. The fourth-order valence-electron chi connectivity index (χ4n) is 1.71. The molecule has 108 valence electrons. The molecule has 2 rings (SSSR count). The van der Waals surface area contributed by atoms with Crippen molar-refractivity contribution in [2.45, 2.75) is 6.54 Å². The molecule has 1 aromatic heterocycles. The highest BCUT2D eigenvalue weighted by atomic mass is 19.1. The Kier molecular flexibility index (Phi) is 4.19. The molecule has 0 atom stereocenters. The van der Waals surface area contributed by atoms with Crippen molar-refractivity contribution >= 4 is 17.3 Å². The molecule has 0 unspecified atom stereocenters. The Morgan fingerprint density at radius 2 is 2.19 bits per heavy atom. The summed E-state index contributed by atoms with van der Waals surface area (Å²) in [5, 5.41) is 13.1. The lowest BCUT2D eigenvalue weighted by Crippen LogP contribution is -2.15. The molecule has 0 saturated heterocycles. The fraction of sp³-hybridized carbons (Fsp3) is 0.0769. The van der Waals surface area contributed by atoms with Crippen molar-refractivity contribution in [3.63, 3.8) is 0 Å². The number of nitro groups is 1. The first-order valence-corrected chi connectivity index (χ1v) is 5.92. The van der Waals surface area contributed by atoms with Crippen LogP contribution in [0.25, 0.3) is 0 Å². The minimum absolute atomic E-state index is 0.140. The van der Waals surface area contributed by atoms with Gasteiger partial charge in [0, 0.05) is 24.4 Å². The molecule has 0 radical (unpaired) electrons. The molecular weight excluding hydrogens is 279 g/mol. The molecule has 1 heterocycles. The molecule has 8 heteroatoms. The maximum Gasteiger partial charge on any atom is 0.295 e. The maximum absolute atomic E-state index is 13.7. The number of nitrogens with one attached hydrogen (secondary N) is 1. The average molecular weight is 290 g/mol. The molecule has 0 bridgehead atoms. The van der Waals surface area contributed by atoms with E-state index in [4.69, 9.17) is 5.73 Å². The van der Waals surface area contributed by atoms with Gasteiger partial charge >= 0.3 is 0 Å². The summed E-state index contributed by atoms with van der Waals surface area (Å²) in [5.41, 5.74) is 5.09. The predicted octanol–water partition coefficient (Wildman–Crippen LogP) is 1.84. The van der Waals surface area contributed by atoms with Crippen LogP contribution in [0.4, 0.5) is 15.8 Å². The van der Waals surface area contributed by atoms with E-state index >= 15 is 0 Å². The van der Waals surface area contributed by atoms with Gasteiger partial charge in [-0.05, 0) is 18.2 Å². The van der Waals surface area contributed by atoms with Gasteiger partial charge in [-0.15, -0.1) is 0 Å².